The molecule has 1 aromatic heterocycles. The Balaban J connectivity index is 1.70. The molecule has 20 heavy (non-hydrogen) atoms. The summed E-state index contributed by atoms with van der Waals surface area (Å²) in [6, 6.07) is 7.65. The van der Waals surface area contributed by atoms with Crippen molar-refractivity contribution in [3.8, 4) is 11.5 Å². The zero-order chi connectivity index (χ0) is 14.2. The maximum atomic E-state index is 8.94. The number of aliphatic hydroxyl groups is 1. The summed E-state index contributed by atoms with van der Waals surface area (Å²) in [6.45, 7) is 3.30. The quantitative estimate of drug-likeness (QED) is 0.760. The van der Waals surface area contributed by atoms with Crippen LogP contribution in [-0.2, 0) is 13.0 Å². The lowest BCUT2D eigenvalue weighted by molar-refractivity contribution is 0.277. The maximum Gasteiger partial charge on any atom is 0.119 e. The summed E-state index contributed by atoms with van der Waals surface area (Å²) < 4.78 is 11.0. The molecule has 0 aliphatic carbocycles. The molecule has 0 aliphatic heterocycles. The molecule has 0 amide bonds. The monoisotopic (exact) mass is 293 g/mol. The summed E-state index contributed by atoms with van der Waals surface area (Å²) >= 11 is 1.58. The largest absolute Gasteiger partial charge is 0.494 e. The van der Waals surface area contributed by atoms with Gasteiger partial charge in [0.25, 0.3) is 0 Å². The van der Waals surface area contributed by atoms with Crippen molar-refractivity contribution in [3.05, 3.63) is 40.3 Å². The molecule has 2 aromatic rings. The van der Waals surface area contributed by atoms with E-state index >= 15 is 0 Å². The van der Waals surface area contributed by atoms with Crippen molar-refractivity contribution >= 4 is 11.3 Å². The Kier molecular flexibility index (Phi) is 5.83. The van der Waals surface area contributed by atoms with Crippen LogP contribution in [0.15, 0.2) is 29.6 Å². The van der Waals surface area contributed by atoms with Crippen molar-refractivity contribution in [1.29, 1.82) is 0 Å². The highest BCUT2D eigenvalue weighted by molar-refractivity contribution is 7.09. The molecule has 0 saturated heterocycles. The predicted octanol–water partition coefficient (Wildman–Crippen LogP) is 3.05. The highest BCUT2D eigenvalue weighted by Gasteiger charge is 2.01. The van der Waals surface area contributed by atoms with E-state index in [2.05, 4.69) is 4.98 Å². The number of nitrogens with zero attached hydrogens (tertiary/aromatic N) is 1. The van der Waals surface area contributed by atoms with Crippen LogP contribution in [0.25, 0.3) is 0 Å². The fraction of sp³-hybridized carbons (Fsp3) is 0.400. The fourth-order valence-corrected chi connectivity index (χ4v) is 2.58. The van der Waals surface area contributed by atoms with Crippen molar-refractivity contribution in [3.63, 3.8) is 0 Å². The van der Waals surface area contributed by atoms with E-state index in [-0.39, 0.29) is 6.61 Å². The van der Waals surface area contributed by atoms with Gasteiger partial charge in [-0.1, -0.05) is 0 Å². The predicted molar refractivity (Wildman–Crippen MR) is 79.5 cm³/mol. The Labute approximate surface area is 123 Å². The molecule has 0 fully saturated rings. The molecule has 5 heteroatoms. The fourth-order valence-electron chi connectivity index (χ4n) is 1.75. The van der Waals surface area contributed by atoms with Gasteiger partial charge < -0.3 is 14.6 Å². The van der Waals surface area contributed by atoms with Gasteiger partial charge in [-0.3, -0.25) is 0 Å². The molecule has 0 bridgehead atoms. The van der Waals surface area contributed by atoms with Gasteiger partial charge in [-0.2, -0.15) is 0 Å². The van der Waals surface area contributed by atoms with Gasteiger partial charge in [-0.05, 0) is 37.6 Å². The molecule has 0 radical (unpaired) electrons. The normalized spacial score (nSPS) is 10.5. The molecule has 4 nitrogen and oxygen atoms in total. The number of ether oxygens (including phenoxy) is 2. The van der Waals surface area contributed by atoms with Gasteiger partial charge in [-0.15, -0.1) is 11.3 Å². The first kappa shape index (κ1) is 14.8. The van der Waals surface area contributed by atoms with Crippen LogP contribution in [0.5, 0.6) is 11.5 Å². The van der Waals surface area contributed by atoms with Crippen molar-refractivity contribution < 1.29 is 14.6 Å². The molecule has 0 atom stereocenters. The number of hydrogen-bond donors (Lipinski definition) is 1. The zero-order valence-electron chi connectivity index (χ0n) is 11.5. The minimum atomic E-state index is 0.0131. The zero-order valence-corrected chi connectivity index (χ0v) is 12.4. The minimum absolute atomic E-state index is 0.0131. The van der Waals surface area contributed by atoms with Crippen molar-refractivity contribution in [2.75, 3.05) is 13.2 Å². The summed E-state index contributed by atoms with van der Waals surface area (Å²) in [4.78, 5) is 4.30. The molecule has 0 spiro atoms. The van der Waals surface area contributed by atoms with Crippen molar-refractivity contribution in [2.45, 2.75) is 26.4 Å². The van der Waals surface area contributed by atoms with Gasteiger partial charge >= 0.3 is 0 Å². The van der Waals surface area contributed by atoms with Crippen molar-refractivity contribution in [1.82, 2.24) is 4.98 Å². The van der Waals surface area contributed by atoms with E-state index in [1.807, 2.05) is 36.6 Å². The summed E-state index contributed by atoms with van der Waals surface area (Å²) in [6.07, 6.45) is 1.79. The number of rotatable bonds is 8. The van der Waals surface area contributed by atoms with Gasteiger partial charge in [0, 0.05) is 11.8 Å². The smallest absolute Gasteiger partial charge is 0.119 e. The Bertz CT molecular complexity index is 510. The SMILES string of the molecule is CCOc1ccc(OCCCc2nc(CO)cs2)cc1. The lowest BCUT2D eigenvalue weighted by Crippen LogP contribution is -1.99. The molecule has 0 unspecified atom stereocenters. The van der Waals surface area contributed by atoms with Gasteiger partial charge in [0.05, 0.1) is 30.5 Å². The highest BCUT2D eigenvalue weighted by Crippen LogP contribution is 2.18. The number of hydrogen-bond acceptors (Lipinski definition) is 5. The lowest BCUT2D eigenvalue weighted by atomic mass is 10.3. The number of benzene rings is 1. The molecular formula is C15H19NO3S. The molecule has 1 N–H and O–H groups in total. The lowest BCUT2D eigenvalue weighted by Gasteiger charge is -2.07. The van der Waals surface area contributed by atoms with E-state index in [0.717, 1.165) is 35.0 Å². The van der Waals surface area contributed by atoms with Gasteiger partial charge in [0.2, 0.25) is 0 Å². The second kappa shape index (κ2) is 7.87. The second-order valence-electron chi connectivity index (χ2n) is 4.25. The Morgan fingerprint density at radius 2 is 1.85 bits per heavy atom. The molecule has 108 valence electrons. The third-order valence-corrected chi connectivity index (χ3v) is 3.66. The first-order chi connectivity index (χ1) is 9.81. The van der Waals surface area contributed by atoms with E-state index in [1.54, 1.807) is 11.3 Å². The summed E-state index contributed by atoms with van der Waals surface area (Å²) in [7, 11) is 0. The third kappa shape index (κ3) is 4.51. The van der Waals surface area contributed by atoms with Crippen LogP contribution in [0.4, 0.5) is 0 Å². The average Bonchev–Trinajstić information content (AvgIpc) is 2.94. The van der Waals surface area contributed by atoms with Crippen LogP contribution >= 0.6 is 11.3 Å². The van der Waals surface area contributed by atoms with Crippen LogP contribution in [-0.4, -0.2) is 23.3 Å². The second-order valence-corrected chi connectivity index (χ2v) is 5.19. The van der Waals surface area contributed by atoms with Gasteiger partial charge in [0.1, 0.15) is 11.5 Å². The standard InChI is InChI=1S/C15H19NO3S/c1-2-18-13-5-7-14(8-6-13)19-9-3-4-15-16-12(10-17)11-20-15/h5-8,11,17H,2-4,9-10H2,1H3. The van der Waals surface area contributed by atoms with E-state index in [0.29, 0.717) is 13.2 Å². The van der Waals surface area contributed by atoms with Crippen LogP contribution in [0, 0.1) is 0 Å². The molecular weight excluding hydrogens is 274 g/mol. The van der Waals surface area contributed by atoms with E-state index in [9.17, 15) is 0 Å². The molecule has 0 aliphatic rings. The number of thiazole rings is 1. The van der Waals surface area contributed by atoms with E-state index in [4.69, 9.17) is 14.6 Å². The molecule has 2 rings (SSSR count). The first-order valence-corrected chi connectivity index (χ1v) is 7.59. The Hall–Kier alpha value is -1.59. The summed E-state index contributed by atoms with van der Waals surface area (Å²) in [5, 5.41) is 11.9. The number of aryl methyl sites for hydroxylation is 1. The number of aliphatic hydroxyl groups excluding tert-OH is 1. The van der Waals surface area contributed by atoms with E-state index in [1.165, 1.54) is 0 Å². The topological polar surface area (TPSA) is 51.6 Å². The number of aromatic nitrogens is 1. The summed E-state index contributed by atoms with van der Waals surface area (Å²) in [5.41, 5.74) is 0.748. The Morgan fingerprint density at radius 3 is 2.45 bits per heavy atom. The summed E-state index contributed by atoms with van der Waals surface area (Å²) in [5.74, 6) is 1.71. The average molecular weight is 293 g/mol. The minimum Gasteiger partial charge on any atom is -0.494 e. The van der Waals surface area contributed by atoms with E-state index < -0.39 is 0 Å². The molecule has 1 heterocycles. The van der Waals surface area contributed by atoms with Crippen LogP contribution in [0.1, 0.15) is 24.0 Å². The van der Waals surface area contributed by atoms with Crippen molar-refractivity contribution in [2.24, 2.45) is 0 Å². The maximum absolute atomic E-state index is 8.94. The van der Waals surface area contributed by atoms with Gasteiger partial charge in [-0.25, -0.2) is 4.98 Å². The molecule has 1 aromatic carbocycles. The highest BCUT2D eigenvalue weighted by atomic mass is 32.1. The third-order valence-electron chi connectivity index (χ3n) is 2.70. The first-order valence-electron chi connectivity index (χ1n) is 6.71. The van der Waals surface area contributed by atoms with Gasteiger partial charge in [0.15, 0.2) is 0 Å². The van der Waals surface area contributed by atoms with Crippen LogP contribution < -0.4 is 9.47 Å². The Morgan fingerprint density at radius 1 is 1.15 bits per heavy atom. The molecule has 0 saturated carbocycles. The van der Waals surface area contributed by atoms with Crippen LogP contribution in [0.2, 0.25) is 0 Å². The van der Waals surface area contributed by atoms with Crippen LogP contribution in [0.3, 0.4) is 0 Å².